The van der Waals surface area contributed by atoms with Gasteiger partial charge in [-0.3, -0.25) is 4.79 Å². The predicted molar refractivity (Wildman–Crippen MR) is 48.8 cm³/mol. The minimum atomic E-state index is 0.152. The van der Waals surface area contributed by atoms with Gasteiger partial charge in [-0.25, -0.2) is 0 Å². The van der Waals surface area contributed by atoms with Gasteiger partial charge in [0, 0.05) is 11.6 Å². The Morgan fingerprint density at radius 2 is 2.38 bits per heavy atom. The van der Waals surface area contributed by atoms with Crippen molar-refractivity contribution in [3.63, 3.8) is 0 Å². The Balaban J connectivity index is 2.45. The van der Waals surface area contributed by atoms with E-state index in [1.165, 1.54) is 4.68 Å². The third-order valence-corrected chi connectivity index (χ3v) is 2.45. The van der Waals surface area contributed by atoms with Crippen molar-refractivity contribution in [2.75, 3.05) is 5.73 Å². The van der Waals surface area contributed by atoms with E-state index < -0.39 is 0 Å². The van der Waals surface area contributed by atoms with Crippen molar-refractivity contribution < 1.29 is 4.79 Å². The molecule has 1 aliphatic carbocycles. The van der Waals surface area contributed by atoms with Crippen LogP contribution >= 0.6 is 0 Å². The molecule has 0 saturated heterocycles. The summed E-state index contributed by atoms with van der Waals surface area (Å²) in [6.45, 7) is 0. The van der Waals surface area contributed by atoms with Crippen molar-refractivity contribution in [3.05, 3.63) is 11.3 Å². The molecule has 1 aromatic heterocycles. The number of nitrogens with zero attached hydrogens (tertiary/aromatic N) is 2. The molecule has 0 fully saturated rings. The number of nitrogen functional groups attached to an aromatic ring is 1. The highest BCUT2D eigenvalue weighted by Gasteiger charge is 2.22. The lowest BCUT2D eigenvalue weighted by Crippen LogP contribution is -2.27. The van der Waals surface area contributed by atoms with Gasteiger partial charge in [0.15, 0.2) is 0 Å². The summed E-state index contributed by atoms with van der Waals surface area (Å²) in [5, 5.41) is 4.07. The standard InChI is InChI=1S/C8H12N4O/c9-5-1-2-7-6(3-5)8(10)12(4-13)11-7/h4-5H,1-3,9-10H2/t5-/m0/s1. The van der Waals surface area contributed by atoms with E-state index >= 15 is 0 Å². The summed E-state index contributed by atoms with van der Waals surface area (Å²) < 4.78 is 1.18. The van der Waals surface area contributed by atoms with Crippen molar-refractivity contribution in [1.29, 1.82) is 0 Å². The summed E-state index contributed by atoms with van der Waals surface area (Å²) in [6, 6.07) is 0.152. The van der Waals surface area contributed by atoms with Gasteiger partial charge < -0.3 is 11.5 Å². The first-order valence-corrected chi connectivity index (χ1v) is 4.29. The van der Waals surface area contributed by atoms with Crippen LogP contribution in [0.3, 0.4) is 0 Å². The summed E-state index contributed by atoms with van der Waals surface area (Å²) in [5.74, 6) is 0.445. The van der Waals surface area contributed by atoms with Gasteiger partial charge in [-0.1, -0.05) is 0 Å². The number of hydrogen-bond acceptors (Lipinski definition) is 4. The van der Waals surface area contributed by atoms with E-state index in [1.54, 1.807) is 0 Å². The van der Waals surface area contributed by atoms with Crippen LogP contribution < -0.4 is 11.5 Å². The van der Waals surface area contributed by atoms with E-state index in [9.17, 15) is 4.79 Å². The molecule has 70 valence electrons. The van der Waals surface area contributed by atoms with Gasteiger partial charge in [0.05, 0.1) is 5.69 Å². The summed E-state index contributed by atoms with van der Waals surface area (Å²) in [4.78, 5) is 10.5. The molecule has 2 rings (SSSR count). The van der Waals surface area contributed by atoms with Crippen molar-refractivity contribution >= 4 is 12.2 Å². The number of carbonyl (C=O) groups is 1. The molecule has 0 aliphatic heterocycles. The molecule has 0 aromatic carbocycles. The molecule has 5 nitrogen and oxygen atoms in total. The monoisotopic (exact) mass is 180 g/mol. The van der Waals surface area contributed by atoms with Gasteiger partial charge in [0.25, 0.3) is 0 Å². The number of nitrogens with two attached hydrogens (primary N) is 2. The van der Waals surface area contributed by atoms with Crippen LogP contribution in [-0.2, 0) is 17.6 Å². The highest BCUT2D eigenvalue weighted by molar-refractivity contribution is 5.61. The van der Waals surface area contributed by atoms with Crippen molar-refractivity contribution in [3.8, 4) is 0 Å². The Labute approximate surface area is 75.7 Å². The van der Waals surface area contributed by atoms with E-state index in [-0.39, 0.29) is 6.04 Å². The van der Waals surface area contributed by atoms with Crippen LogP contribution in [0, 0.1) is 0 Å². The summed E-state index contributed by atoms with van der Waals surface area (Å²) in [6.07, 6.45) is 3.10. The van der Waals surface area contributed by atoms with Crippen molar-refractivity contribution in [1.82, 2.24) is 9.78 Å². The topological polar surface area (TPSA) is 86.9 Å². The second-order valence-corrected chi connectivity index (χ2v) is 3.36. The first-order chi connectivity index (χ1) is 6.22. The molecule has 13 heavy (non-hydrogen) atoms. The maximum absolute atomic E-state index is 10.5. The molecule has 5 heteroatoms. The van der Waals surface area contributed by atoms with Gasteiger partial charge in [0.2, 0.25) is 6.41 Å². The lowest BCUT2D eigenvalue weighted by Gasteiger charge is -2.16. The fourth-order valence-corrected chi connectivity index (χ4v) is 1.72. The molecule has 0 amide bonds. The van der Waals surface area contributed by atoms with E-state index in [0.717, 1.165) is 30.5 Å². The Morgan fingerprint density at radius 3 is 3.08 bits per heavy atom. The first kappa shape index (κ1) is 8.25. The number of carbonyl (C=O) groups excluding carboxylic acids is 1. The SMILES string of the molecule is Nc1c2c(nn1C=O)CC[C@H](N)C2. The van der Waals surface area contributed by atoms with Crippen LogP contribution in [0.15, 0.2) is 0 Å². The highest BCUT2D eigenvalue weighted by atomic mass is 16.1. The molecule has 0 unspecified atom stereocenters. The van der Waals surface area contributed by atoms with Crippen LogP contribution in [0.2, 0.25) is 0 Å². The number of aromatic nitrogens is 2. The maximum Gasteiger partial charge on any atom is 0.235 e. The van der Waals surface area contributed by atoms with Gasteiger partial charge in [0.1, 0.15) is 5.82 Å². The summed E-state index contributed by atoms with van der Waals surface area (Å²) in [7, 11) is 0. The van der Waals surface area contributed by atoms with E-state index in [2.05, 4.69) is 5.10 Å². The lowest BCUT2D eigenvalue weighted by atomic mass is 9.94. The Morgan fingerprint density at radius 1 is 1.62 bits per heavy atom. The predicted octanol–water partition coefficient (Wildman–Crippen LogP) is -0.680. The van der Waals surface area contributed by atoms with Gasteiger partial charge in [-0.05, 0) is 19.3 Å². The molecule has 1 aliphatic rings. The normalized spacial score (nSPS) is 21.2. The second kappa shape index (κ2) is 2.85. The molecule has 1 atom stereocenters. The van der Waals surface area contributed by atoms with Gasteiger partial charge >= 0.3 is 0 Å². The first-order valence-electron chi connectivity index (χ1n) is 4.29. The maximum atomic E-state index is 10.5. The zero-order valence-electron chi connectivity index (χ0n) is 7.23. The Bertz CT molecular complexity index is 344. The molecule has 0 bridgehead atoms. The van der Waals surface area contributed by atoms with E-state index in [0.29, 0.717) is 12.2 Å². The smallest absolute Gasteiger partial charge is 0.235 e. The van der Waals surface area contributed by atoms with Gasteiger partial charge in [-0.2, -0.15) is 9.78 Å². The number of hydrogen-bond donors (Lipinski definition) is 2. The lowest BCUT2D eigenvalue weighted by molar-refractivity contribution is 0.539. The minimum absolute atomic E-state index is 0.152. The second-order valence-electron chi connectivity index (χ2n) is 3.36. The molecule has 1 heterocycles. The van der Waals surface area contributed by atoms with Crippen LogP contribution in [0.5, 0.6) is 0 Å². The Hall–Kier alpha value is -1.36. The molecular weight excluding hydrogens is 168 g/mol. The number of aryl methyl sites for hydroxylation is 1. The number of rotatable bonds is 1. The third-order valence-electron chi connectivity index (χ3n) is 2.45. The quantitative estimate of drug-likeness (QED) is 0.560. The molecule has 0 spiro atoms. The molecule has 1 aromatic rings. The fraction of sp³-hybridized carbons (Fsp3) is 0.500. The van der Waals surface area contributed by atoms with Crippen LogP contribution in [0.4, 0.5) is 5.82 Å². The molecular formula is C8H12N4O. The van der Waals surface area contributed by atoms with Crippen molar-refractivity contribution in [2.45, 2.75) is 25.3 Å². The minimum Gasteiger partial charge on any atom is -0.383 e. The number of fused-ring (bicyclic) bond motifs is 1. The van der Waals surface area contributed by atoms with E-state index in [4.69, 9.17) is 11.5 Å². The van der Waals surface area contributed by atoms with Crippen LogP contribution in [-0.4, -0.2) is 22.2 Å². The third kappa shape index (κ3) is 1.21. The average Bonchev–Trinajstić information content (AvgIpc) is 2.44. The van der Waals surface area contributed by atoms with Crippen LogP contribution in [0.1, 0.15) is 17.7 Å². The average molecular weight is 180 g/mol. The molecule has 4 N–H and O–H groups in total. The van der Waals surface area contributed by atoms with Crippen LogP contribution in [0.25, 0.3) is 0 Å². The number of anilines is 1. The van der Waals surface area contributed by atoms with Gasteiger partial charge in [-0.15, -0.1) is 0 Å². The largest absolute Gasteiger partial charge is 0.383 e. The Kier molecular flexibility index (Phi) is 1.81. The zero-order chi connectivity index (χ0) is 9.42. The fourth-order valence-electron chi connectivity index (χ4n) is 1.72. The zero-order valence-corrected chi connectivity index (χ0v) is 7.23. The summed E-state index contributed by atoms with van der Waals surface area (Å²) >= 11 is 0. The van der Waals surface area contributed by atoms with E-state index in [1.807, 2.05) is 0 Å². The highest BCUT2D eigenvalue weighted by Crippen LogP contribution is 2.24. The van der Waals surface area contributed by atoms with Crippen molar-refractivity contribution in [2.24, 2.45) is 5.73 Å². The summed E-state index contributed by atoms with van der Waals surface area (Å²) in [5.41, 5.74) is 13.4. The molecule has 0 saturated carbocycles. The molecule has 0 radical (unpaired) electrons.